The van der Waals surface area contributed by atoms with Crippen LogP contribution in [0, 0.1) is 0 Å². The number of benzene rings is 1. The third-order valence-electron chi connectivity index (χ3n) is 1.94. The molecule has 0 aromatic heterocycles. The molecule has 0 aliphatic heterocycles. The molecular formula is C12H10NO5-. The zero-order valence-corrected chi connectivity index (χ0v) is 9.51. The third kappa shape index (κ3) is 4.09. The summed E-state index contributed by atoms with van der Waals surface area (Å²) in [6.45, 7) is 0. The minimum absolute atomic E-state index is 0.348. The SMILES string of the molecule is COC(=O)c1ccc(NC(=O)/C=C\C(=O)[O-])cc1. The second-order valence-electron chi connectivity index (χ2n) is 3.21. The minimum atomic E-state index is -1.45. The molecule has 0 atom stereocenters. The van der Waals surface area contributed by atoms with E-state index in [2.05, 4.69) is 10.1 Å². The molecule has 0 heterocycles. The van der Waals surface area contributed by atoms with Gasteiger partial charge >= 0.3 is 5.97 Å². The van der Waals surface area contributed by atoms with E-state index in [0.717, 1.165) is 6.08 Å². The fourth-order valence-electron chi connectivity index (χ4n) is 1.14. The van der Waals surface area contributed by atoms with Gasteiger partial charge in [0.15, 0.2) is 0 Å². The summed E-state index contributed by atoms with van der Waals surface area (Å²) in [5.41, 5.74) is 0.774. The van der Waals surface area contributed by atoms with Crippen molar-refractivity contribution in [3.05, 3.63) is 42.0 Å². The third-order valence-corrected chi connectivity index (χ3v) is 1.94. The highest BCUT2D eigenvalue weighted by Crippen LogP contribution is 2.10. The van der Waals surface area contributed by atoms with Crippen LogP contribution in [0.3, 0.4) is 0 Å². The molecule has 1 amide bonds. The maximum atomic E-state index is 11.2. The molecule has 0 unspecified atom stereocenters. The maximum Gasteiger partial charge on any atom is 0.337 e. The number of hydrogen-bond acceptors (Lipinski definition) is 5. The molecule has 0 aliphatic carbocycles. The quantitative estimate of drug-likeness (QED) is 0.584. The highest BCUT2D eigenvalue weighted by atomic mass is 16.5. The molecule has 1 aromatic carbocycles. The Bertz CT molecular complexity index is 490. The Labute approximate surface area is 103 Å². The van der Waals surface area contributed by atoms with Gasteiger partial charge in [-0.05, 0) is 30.3 Å². The van der Waals surface area contributed by atoms with Gasteiger partial charge < -0.3 is 20.0 Å². The predicted molar refractivity (Wildman–Crippen MR) is 60.6 cm³/mol. The highest BCUT2D eigenvalue weighted by Gasteiger charge is 2.04. The standard InChI is InChI=1S/C12H11NO5/c1-18-12(17)8-2-4-9(5-3-8)13-10(14)6-7-11(15)16/h2-7H,1H3,(H,13,14)(H,15,16)/p-1/b7-6-. The molecule has 0 bridgehead atoms. The Balaban J connectivity index is 2.66. The lowest BCUT2D eigenvalue weighted by Gasteiger charge is -2.03. The number of amides is 1. The number of carbonyl (C=O) groups is 3. The van der Waals surface area contributed by atoms with E-state index in [0.29, 0.717) is 17.3 Å². The number of rotatable bonds is 4. The smallest absolute Gasteiger partial charge is 0.337 e. The van der Waals surface area contributed by atoms with Crippen LogP contribution in [0.2, 0.25) is 0 Å². The summed E-state index contributed by atoms with van der Waals surface area (Å²) in [6.07, 6.45) is 1.46. The molecule has 0 aliphatic rings. The average Bonchev–Trinajstić information content (AvgIpc) is 2.36. The van der Waals surface area contributed by atoms with Crippen LogP contribution >= 0.6 is 0 Å². The molecule has 0 radical (unpaired) electrons. The Morgan fingerprint density at radius 1 is 1.17 bits per heavy atom. The molecule has 1 N–H and O–H groups in total. The number of carboxylic acid groups (broad SMARTS) is 1. The summed E-state index contributed by atoms with van der Waals surface area (Å²) in [5.74, 6) is -2.54. The minimum Gasteiger partial charge on any atom is -0.545 e. The molecule has 0 spiro atoms. The molecule has 6 heteroatoms. The van der Waals surface area contributed by atoms with E-state index in [1.54, 1.807) is 0 Å². The van der Waals surface area contributed by atoms with E-state index in [4.69, 9.17) is 0 Å². The number of methoxy groups -OCH3 is 1. The number of aliphatic carboxylic acids is 1. The van der Waals surface area contributed by atoms with Gasteiger partial charge in [-0.2, -0.15) is 0 Å². The highest BCUT2D eigenvalue weighted by molar-refractivity contribution is 6.02. The molecule has 0 saturated carbocycles. The fraction of sp³-hybridized carbons (Fsp3) is 0.0833. The van der Waals surface area contributed by atoms with Crippen LogP contribution in [0.4, 0.5) is 5.69 Å². The first kappa shape index (κ1) is 13.4. The van der Waals surface area contributed by atoms with Crippen LogP contribution in [0.25, 0.3) is 0 Å². The van der Waals surface area contributed by atoms with Crippen LogP contribution in [-0.4, -0.2) is 25.0 Å². The molecule has 1 rings (SSSR count). The van der Waals surface area contributed by atoms with E-state index in [1.165, 1.54) is 31.4 Å². The van der Waals surface area contributed by atoms with Gasteiger partial charge in [0, 0.05) is 11.8 Å². The van der Waals surface area contributed by atoms with E-state index < -0.39 is 17.8 Å². The fourth-order valence-corrected chi connectivity index (χ4v) is 1.14. The summed E-state index contributed by atoms with van der Waals surface area (Å²) in [6, 6.07) is 5.95. The van der Waals surface area contributed by atoms with Gasteiger partial charge in [0.05, 0.1) is 18.6 Å². The number of esters is 1. The molecular weight excluding hydrogens is 238 g/mol. The summed E-state index contributed by atoms with van der Waals surface area (Å²) >= 11 is 0. The zero-order chi connectivity index (χ0) is 13.5. The number of anilines is 1. The van der Waals surface area contributed by atoms with Crippen LogP contribution in [0.5, 0.6) is 0 Å². The van der Waals surface area contributed by atoms with E-state index in [1.807, 2.05) is 0 Å². The lowest BCUT2D eigenvalue weighted by atomic mass is 10.2. The van der Waals surface area contributed by atoms with Gasteiger partial charge in [0.1, 0.15) is 0 Å². The molecule has 1 aromatic rings. The van der Waals surface area contributed by atoms with Gasteiger partial charge in [0.25, 0.3) is 0 Å². The molecule has 6 nitrogen and oxygen atoms in total. The molecule has 18 heavy (non-hydrogen) atoms. The second kappa shape index (κ2) is 6.19. The van der Waals surface area contributed by atoms with Crippen molar-refractivity contribution in [3.8, 4) is 0 Å². The van der Waals surface area contributed by atoms with Crippen molar-refractivity contribution in [2.45, 2.75) is 0 Å². The lowest BCUT2D eigenvalue weighted by molar-refractivity contribution is -0.297. The monoisotopic (exact) mass is 248 g/mol. The zero-order valence-electron chi connectivity index (χ0n) is 9.51. The Morgan fingerprint density at radius 3 is 2.28 bits per heavy atom. The first-order valence-electron chi connectivity index (χ1n) is 4.91. The van der Waals surface area contributed by atoms with Gasteiger partial charge in [0.2, 0.25) is 5.91 Å². The summed E-state index contributed by atoms with van der Waals surface area (Å²) < 4.78 is 4.51. The Morgan fingerprint density at radius 2 is 1.78 bits per heavy atom. The van der Waals surface area contributed by atoms with E-state index in [-0.39, 0.29) is 0 Å². The average molecular weight is 248 g/mol. The van der Waals surface area contributed by atoms with Gasteiger partial charge in [-0.3, -0.25) is 4.79 Å². The van der Waals surface area contributed by atoms with Crippen molar-refractivity contribution in [3.63, 3.8) is 0 Å². The largest absolute Gasteiger partial charge is 0.545 e. The van der Waals surface area contributed by atoms with Crippen molar-refractivity contribution >= 4 is 23.5 Å². The maximum absolute atomic E-state index is 11.2. The number of carbonyl (C=O) groups excluding carboxylic acids is 3. The van der Waals surface area contributed by atoms with Crippen LogP contribution < -0.4 is 10.4 Å². The summed E-state index contributed by atoms with van der Waals surface area (Å²) in [5, 5.41) is 12.5. The first-order chi connectivity index (χ1) is 8.52. The first-order valence-corrected chi connectivity index (χ1v) is 4.91. The van der Waals surface area contributed by atoms with Crippen LogP contribution in [0.1, 0.15) is 10.4 Å². The van der Waals surface area contributed by atoms with Crippen molar-refractivity contribution in [2.75, 3.05) is 12.4 Å². The summed E-state index contributed by atoms with van der Waals surface area (Å²) in [7, 11) is 1.27. The predicted octanol–water partition coefficient (Wildman–Crippen LogP) is -0.282. The van der Waals surface area contributed by atoms with Crippen molar-refractivity contribution < 1.29 is 24.2 Å². The van der Waals surface area contributed by atoms with Crippen molar-refractivity contribution in [2.24, 2.45) is 0 Å². The van der Waals surface area contributed by atoms with Crippen molar-refractivity contribution in [1.82, 2.24) is 0 Å². The molecule has 0 saturated heterocycles. The van der Waals surface area contributed by atoms with Gasteiger partial charge in [-0.1, -0.05) is 0 Å². The number of carboxylic acids is 1. The van der Waals surface area contributed by atoms with Crippen LogP contribution in [0.15, 0.2) is 36.4 Å². The van der Waals surface area contributed by atoms with E-state index in [9.17, 15) is 19.5 Å². The Kier molecular flexibility index (Phi) is 4.62. The second-order valence-corrected chi connectivity index (χ2v) is 3.21. The molecule has 0 fully saturated rings. The van der Waals surface area contributed by atoms with Crippen molar-refractivity contribution in [1.29, 1.82) is 0 Å². The Hall–Kier alpha value is -2.63. The lowest BCUT2D eigenvalue weighted by Crippen LogP contribution is -2.20. The summed E-state index contributed by atoms with van der Waals surface area (Å²) in [4.78, 5) is 32.4. The molecule has 94 valence electrons. The topological polar surface area (TPSA) is 95.5 Å². The van der Waals surface area contributed by atoms with Crippen LogP contribution in [-0.2, 0) is 14.3 Å². The normalized spacial score (nSPS) is 10.1. The van der Waals surface area contributed by atoms with Gasteiger partial charge in [-0.15, -0.1) is 0 Å². The van der Waals surface area contributed by atoms with Gasteiger partial charge in [-0.25, -0.2) is 4.79 Å². The number of ether oxygens (including phenoxy) is 1. The van der Waals surface area contributed by atoms with E-state index >= 15 is 0 Å². The number of hydrogen-bond donors (Lipinski definition) is 1. The number of nitrogens with one attached hydrogen (secondary N) is 1.